The summed E-state index contributed by atoms with van der Waals surface area (Å²) in [5, 5.41) is 3.31. The maximum absolute atomic E-state index is 13.1. The van der Waals surface area contributed by atoms with E-state index < -0.39 is 0 Å². The fraction of sp³-hybridized carbons (Fsp3) is 0.500. The Hall–Kier alpha value is -2.17. The number of rotatable bonds is 6. The zero-order valence-electron chi connectivity index (χ0n) is 18.2. The molecule has 4 heteroatoms. The number of benzene rings is 2. The normalized spacial score (nSPS) is 20.0. The first-order valence-electron chi connectivity index (χ1n) is 11.6. The van der Waals surface area contributed by atoms with Gasteiger partial charge in [0.15, 0.2) is 0 Å². The fourth-order valence-corrected chi connectivity index (χ4v) is 4.79. The highest BCUT2D eigenvalue weighted by Crippen LogP contribution is 2.32. The van der Waals surface area contributed by atoms with Gasteiger partial charge in [-0.25, -0.2) is 0 Å². The second-order valence-corrected chi connectivity index (χ2v) is 9.00. The molecule has 2 aromatic rings. The molecule has 1 atom stereocenters. The third-order valence-electron chi connectivity index (χ3n) is 6.79. The van der Waals surface area contributed by atoms with E-state index in [0.29, 0.717) is 5.92 Å². The Labute approximate surface area is 181 Å². The summed E-state index contributed by atoms with van der Waals surface area (Å²) in [6.45, 7) is 5.11. The molecule has 1 amide bonds. The summed E-state index contributed by atoms with van der Waals surface area (Å²) in [6.07, 6.45) is 6.60. The predicted molar refractivity (Wildman–Crippen MR) is 123 cm³/mol. The van der Waals surface area contributed by atoms with Crippen LogP contribution in [0, 0.1) is 0 Å². The van der Waals surface area contributed by atoms with E-state index in [0.717, 1.165) is 38.3 Å². The van der Waals surface area contributed by atoms with Crippen molar-refractivity contribution in [2.45, 2.75) is 44.1 Å². The summed E-state index contributed by atoms with van der Waals surface area (Å²) in [7, 11) is 2.17. The number of nitrogens with zero attached hydrogens (tertiary/aromatic N) is 2. The van der Waals surface area contributed by atoms with Crippen LogP contribution in [-0.2, 0) is 0 Å². The average Bonchev–Trinajstić information content (AvgIpc) is 2.81. The van der Waals surface area contributed by atoms with Crippen LogP contribution in [-0.4, -0.2) is 55.5 Å². The minimum atomic E-state index is 0.000118. The molecule has 4 nitrogen and oxygen atoms in total. The van der Waals surface area contributed by atoms with Gasteiger partial charge in [-0.15, -0.1) is 0 Å². The molecule has 1 N–H and O–H groups in total. The number of amides is 1. The lowest BCUT2D eigenvalue weighted by atomic mass is 9.84. The number of hydrogen-bond acceptors (Lipinski definition) is 3. The lowest BCUT2D eigenvalue weighted by Gasteiger charge is -2.35. The molecule has 1 aliphatic heterocycles. The first kappa shape index (κ1) is 21.1. The van der Waals surface area contributed by atoms with E-state index in [1.165, 1.54) is 43.2 Å². The Morgan fingerprint density at radius 2 is 1.60 bits per heavy atom. The van der Waals surface area contributed by atoms with E-state index in [9.17, 15) is 4.79 Å². The number of hydrogen-bond donors (Lipinski definition) is 1. The number of carbonyl (C=O) groups is 1. The molecular weight excluding hydrogens is 370 g/mol. The first-order chi connectivity index (χ1) is 14.7. The molecular formula is C26H35N3O. The molecule has 1 saturated carbocycles. The van der Waals surface area contributed by atoms with E-state index in [-0.39, 0.29) is 11.9 Å². The molecule has 2 aliphatic rings. The zero-order valence-corrected chi connectivity index (χ0v) is 18.2. The van der Waals surface area contributed by atoms with Crippen LogP contribution < -0.4 is 5.32 Å². The van der Waals surface area contributed by atoms with Crippen LogP contribution in [0.1, 0.15) is 65.5 Å². The topological polar surface area (TPSA) is 35.6 Å². The summed E-state index contributed by atoms with van der Waals surface area (Å²) in [5.41, 5.74) is 3.32. The molecule has 0 bridgehead atoms. The molecule has 0 aromatic heterocycles. The second kappa shape index (κ2) is 10.2. The Balaban J connectivity index is 1.43. The average molecular weight is 406 g/mol. The van der Waals surface area contributed by atoms with Gasteiger partial charge in [0.05, 0.1) is 6.04 Å². The van der Waals surface area contributed by atoms with Crippen molar-refractivity contribution in [3.05, 3.63) is 71.3 Å². The molecule has 1 saturated heterocycles. The van der Waals surface area contributed by atoms with Crippen molar-refractivity contribution in [1.82, 2.24) is 15.1 Å². The Bertz CT molecular complexity index is 791. The second-order valence-electron chi connectivity index (χ2n) is 9.00. The Kier molecular flexibility index (Phi) is 7.19. The smallest absolute Gasteiger partial charge is 0.251 e. The SMILES string of the molecule is CN1CCN(CC(NC(=O)c2ccc(C3CCCCC3)cc2)c2ccccc2)CC1. The van der Waals surface area contributed by atoms with Gasteiger partial charge in [0, 0.05) is 38.3 Å². The third kappa shape index (κ3) is 5.50. The highest BCUT2D eigenvalue weighted by atomic mass is 16.1. The van der Waals surface area contributed by atoms with Crippen molar-refractivity contribution in [1.29, 1.82) is 0 Å². The van der Waals surface area contributed by atoms with Crippen molar-refractivity contribution in [2.75, 3.05) is 39.8 Å². The van der Waals surface area contributed by atoms with Gasteiger partial charge in [-0.3, -0.25) is 9.69 Å². The van der Waals surface area contributed by atoms with Crippen LogP contribution in [0.5, 0.6) is 0 Å². The molecule has 4 rings (SSSR count). The monoisotopic (exact) mass is 405 g/mol. The van der Waals surface area contributed by atoms with Crippen LogP contribution in [0.2, 0.25) is 0 Å². The maximum atomic E-state index is 13.1. The van der Waals surface area contributed by atoms with E-state index in [4.69, 9.17) is 0 Å². The minimum Gasteiger partial charge on any atom is -0.344 e. The predicted octanol–water partition coefficient (Wildman–Crippen LogP) is 4.45. The van der Waals surface area contributed by atoms with Gasteiger partial charge in [0.1, 0.15) is 0 Å². The van der Waals surface area contributed by atoms with Gasteiger partial charge in [-0.2, -0.15) is 0 Å². The maximum Gasteiger partial charge on any atom is 0.251 e. The van der Waals surface area contributed by atoms with Crippen molar-refractivity contribution in [3.63, 3.8) is 0 Å². The first-order valence-corrected chi connectivity index (χ1v) is 11.6. The summed E-state index contributed by atoms with van der Waals surface area (Å²) >= 11 is 0. The van der Waals surface area contributed by atoms with Crippen LogP contribution in [0.4, 0.5) is 0 Å². The van der Waals surface area contributed by atoms with Crippen molar-refractivity contribution in [2.24, 2.45) is 0 Å². The lowest BCUT2D eigenvalue weighted by molar-refractivity contribution is 0.0907. The minimum absolute atomic E-state index is 0.000118. The van der Waals surface area contributed by atoms with Crippen molar-refractivity contribution < 1.29 is 4.79 Å². The molecule has 2 fully saturated rings. The molecule has 2 aromatic carbocycles. The van der Waals surface area contributed by atoms with Crippen molar-refractivity contribution in [3.8, 4) is 0 Å². The molecule has 30 heavy (non-hydrogen) atoms. The van der Waals surface area contributed by atoms with Gasteiger partial charge < -0.3 is 10.2 Å². The summed E-state index contributed by atoms with van der Waals surface area (Å²) in [5.74, 6) is 0.693. The quantitative estimate of drug-likeness (QED) is 0.771. The van der Waals surface area contributed by atoms with Gasteiger partial charge >= 0.3 is 0 Å². The number of piperazine rings is 1. The van der Waals surface area contributed by atoms with Gasteiger partial charge in [0.25, 0.3) is 5.91 Å². The van der Waals surface area contributed by atoms with Crippen LogP contribution in [0.15, 0.2) is 54.6 Å². The van der Waals surface area contributed by atoms with Gasteiger partial charge in [0.2, 0.25) is 0 Å². The molecule has 160 valence electrons. The Morgan fingerprint density at radius 1 is 0.933 bits per heavy atom. The third-order valence-corrected chi connectivity index (χ3v) is 6.79. The van der Waals surface area contributed by atoms with E-state index >= 15 is 0 Å². The van der Waals surface area contributed by atoms with E-state index in [1.807, 2.05) is 18.2 Å². The summed E-state index contributed by atoms with van der Waals surface area (Å²) in [4.78, 5) is 17.9. The molecule has 0 spiro atoms. The van der Waals surface area contributed by atoms with E-state index in [2.05, 4.69) is 58.6 Å². The molecule has 0 radical (unpaired) electrons. The summed E-state index contributed by atoms with van der Waals surface area (Å²) < 4.78 is 0. The van der Waals surface area contributed by atoms with Crippen LogP contribution in [0.3, 0.4) is 0 Å². The largest absolute Gasteiger partial charge is 0.344 e. The highest BCUT2D eigenvalue weighted by molar-refractivity contribution is 5.94. The number of carbonyl (C=O) groups excluding carboxylic acids is 1. The van der Waals surface area contributed by atoms with E-state index in [1.54, 1.807) is 0 Å². The Morgan fingerprint density at radius 3 is 2.27 bits per heavy atom. The molecule has 1 aliphatic carbocycles. The van der Waals surface area contributed by atoms with Crippen LogP contribution >= 0.6 is 0 Å². The zero-order chi connectivity index (χ0) is 20.8. The molecule has 1 heterocycles. The van der Waals surface area contributed by atoms with Gasteiger partial charge in [-0.05, 0) is 49.1 Å². The summed E-state index contributed by atoms with van der Waals surface area (Å²) in [6, 6.07) is 18.7. The van der Waals surface area contributed by atoms with Gasteiger partial charge in [-0.1, -0.05) is 61.7 Å². The highest BCUT2D eigenvalue weighted by Gasteiger charge is 2.22. The fourth-order valence-electron chi connectivity index (χ4n) is 4.79. The molecule has 1 unspecified atom stereocenters. The standard InChI is InChI=1S/C26H35N3O/c1-28-16-18-29(19-17-28)20-25(23-10-6-3-7-11-23)27-26(30)24-14-12-22(13-15-24)21-8-4-2-5-9-21/h3,6-7,10-15,21,25H,2,4-5,8-9,16-20H2,1H3,(H,27,30). The van der Waals surface area contributed by atoms with Crippen LogP contribution in [0.25, 0.3) is 0 Å². The number of likely N-dealkylation sites (N-methyl/N-ethyl adjacent to an activating group) is 1. The number of nitrogens with one attached hydrogen (secondary N) is 1. The van der Waals surface area contributed by atoms with Crippen molar-refractivity contribution >= 4 is 5.91 Å². The lowest BCUT2D eigenvalue weighted by Crippen LogP contribution is -2.47.